The van der Waals surface area contributed by atoms with Crippen molar-refractivity contribution in [2.24, 2.45) is 0 Å². The number of alkyl halides is 12. The van der Waals surface area contributed by atoms with E-state index in [1.807, 2.05) is 17.5 Å². The Balaban J connectivity index is 1.55. The number of benzene rings is 1. The van der Waals surface area contributed by atoms with E-state index >= 15 is 26.3 Å². The lowest BCUT2D eigenvalue weighted by molar-refractivity contribution is -0.254. The minimum atomic E-state index is -5.91. The zero-order valence-corrected chi connectivity index (χ0v) is 26.7. The molecule has 0 unspecified atom stereocenters. The number of thiophene rings is 4. The Kier molecular flexibility index (Phi) is 7.93. The molecule has 0 bridgehead atoms. The van der Waals surface area contributed by atoms with E-state index in [0.717, 1.165) is 35.0 Å². The third kappa shape index (κ3) is 5.46. The van der Waals surface area contributed by atoms with Crippen molar-refractivity contribution in [2.75, 3.05) is 0 Å². The highest BCUT2D eigenvalue weighted by atomic mass is 32.1. The number of rotatable bonds is 5. The first kappa shape index (κ1) is 33.9. The predicted molar refractivity (Wildman–Crippen MR) is 165 cm³/mol. The Hall–Kier alpha value is -3.02. The normalized spacial score (nSPS) is 17.6. The maximum atomic E-state index is 15.6. The van der Waals surface area contributed by atoms with Crippen LogP contribution in [0.5, 0.6) is 0 Å². The fraction of sp³-hybridized carbons (Fsp3) is 0.200. The van der Waals surface area contributed by atoms with E-state index in [1.165, 1.54) is 29.6 Å². The molecule has 17 heteroatoms. The van der Waals surface area contributed by atoms with Crippen LogP contribution in [0.4, 0.5) is 52.7 Å². The zero-order valence-electron chi connectivity index (χ0n) is 23.4. The van der Waals surface area contributed by atoms with Crippen molar-refractivity contribution >= 4 is 69.1 Å². The summed E-state index contributed by atoms with van der Waals surface area (Å²) in [4.78, 5) is 2.22. The number of hydrogen-bond donors (Lipinski definition) is 0. The van der Waals surface area contributed by atoms with Crippen LogP contribution in [0, 0.1) is 6.92 Å². The molecular formula is C30H15BF12S4. The Morgan fingerprint density at radius 3 is 1.66 bits per heavy atom. The van der Waals surface area contributed by atoms with Crippen LogP contribution in [0.15, 0.2) is 60.0 Å². The van der Waals surface area contributed by atoms with E-state index in [0.29, 0.717) is 39.3 Å². The summed E-state index contributed by atoms with van der Waals surface area (Å²) in [6.45, 7) is 1.31. The minimum Gasteiger partial charge on any atom is -0.194 e. The molecule has 0 atom stereocenters. The van der Waals surface area contributed by atoms with Gasteiger partial charge in [-0.3, -0.25) is 0 Å². The summed E-state index contributed by atoms with van der Waals surface area (Å²) >= 11 is 4.06. The van der Waals surface area contributed by atoms with Crippen molar-refractivity contribution in [3.8, 4) is 29.9 Å². The van der Waals surface area contributed by atoms with Crippen LogP contribution >= 0.6 is 45.3 Å². The van der Waals surface area contributed by atoms with Crippen molar-refractivity contribution in [1.29, 1.82) is 0 Å². The van der Waals surface area contributed by atoms with Crippen LogP contribution in [0.25, 0.3) is 41.1 Å². The Bertz CT molecular complexity index is 1990. The largest absolute Gasteiger partial charge is 0.416 e. The molecule has 4 heterocycles. The van der Waals surface area contributed by atoms with Gasteiger partial charge in [-0.25, -0.2) is 0 Å². The number of hydrogen-bond acceptors (Lipinski definition) is 4. The summed E-state index contributed by atoms with van der Waals surface area (Å²) in [5.74, 6) is -16.8. The quantitative estimate of drug-likeness (QED) is 0.124. The lowest BCUT2D eigenvalue weighted by atomic mass is 9.90. The van der Waals surface area contributed by atoms with Crippen molar-refractivity contribution in [3.05, 3.63) is 87.1 Å². The maximum absolute atomic E-state index is 15.6. The van der Waals surface area contributed by atoms with Crippen LogP contribution in [0.1, 0.15) is 27.1 Å². The Morgan fingerprint density at radius 2 is 1.13 bits per heavy atom. The van der Waals surface area contributed by atoms with E-state index in [1.54, 1.807) is 12.1 Å². The van der Waals surface area contributed by atoms with E-state index in [-0.39, 0.29) is 15.7 Å². The van der Waals surface area contributed by atoms with Crippen molar-refractivity contribution in [3.63, 3.8) is 0 Å². The van der Waals surface area contributed by atoms with E-state index in [4.69, 9.17) is 0 Å². The molecule has 0 nitrogen and oxygen atoms in total. The van der Waals surface area contributed by atoms with Crippen LogP contribution in [0.2, 0.25) is 0 Å². The molecule has 1 aliphatic rings. The molecule has 5 aromatic rings. The highest BCUT2D eigenvalue weighted by molar-refractivity contribution is 7.26. The number of halogens is 12. The third-order valence-electron chi connectivity index (χ3n) is 7.53. The van der Waals surface area contributed by atoms with Gasteiger partial charge in [-0.1, -0.05) is 6.07 Å². The molecule has 1 aromatic carbocycles. The standard InChI is InChI=1S/C30H15BF12S4/c1-12-16(10-22(45-12)20-5-4-19(46-20)18-3-2-6-44-18)23-24(27(34,35)30(42,43)26(23,32)33)17-11-21(47-25(17)31)13-7-14(28(36,37)38)9-15(8-13)29(39,40)41/h2-11H,31H2,1H3. The molecule has 0 spiro atoms. The van der Waals surface area contributed by atoms with Gasteiger partial charge in [-0.05, 0) is 82.3 Å². The molecule has 47 heavy (non-hydrogen) atoms. The van der Waals surface area contributed by atoms with E-state index < -0.39 is 74.0 Å². The SMILES string of the molecule is Bc1sc(-c2cc(C(F)(F)F)cc(C(F)(F)F)c2)cc1C1=C(c2cc(-c3ccc(-c4cccs4)s3)sc2C)C(F)(F)C(F)(F)C1(F)F. The summed E-state index contributed by atoms with van der Waals surface area (Å²) in [6, 6.07) is 9.46. The Morgan fingerprint density at radius 1 is 0.596 bits per heavy atom. The fourth-order valence-electron chi connectivity index (χ4n) is 5.28. The number of allylic oxidation sites excluding steroid dienone is 2. The summed E-state index contributed by atoms with van der Waals surface area (Å²) in [5, 5.41) is 1.85. The van der Waals surface area contributed by atoms with Gasteiger partial charge >= 0.3 is 30.1 Å². The molecule has 0 saturated heterocycles. The molecule has 6 rings (SSSR count). The average Bonchev–Trinajstić information content (AvgIpc) is 3.78. The van der Waals surface area contributed by atoms with Gasteiger partial charge in [0, 0.05) is 40.4 Å². The fourth-order valence-corrected chi connectivity index (χ4v) is 9.24. The van der Waals surface area contributed by atoms with Crippen LogP contribution in [0.3, 0.4) is 0 Å². The van der Waals surface area contributed by atoms with Crippen LogP contribution < -0.4 is 4.78 Å². The molecule has 0 amide bonds. The average molecular weight is 743 g/mol. The van der Waals surface area contributed by atoms with Crippen molar-refractivity contribution in [1.82, 2.24) is 0 Å². The first-order valence-corrected chi connectivity index (χ1v) is 16.5. The van der Waals surface area contributed by atoms with Crippen LogP contribution in [-0.2, 0) is 12.4 Å². The first-order chi connectivity index (χ1) is 21.6. The summed E-state index contributed by atoms with van der Waals surface area (Å²) in [6.07, 6.45) is -10.5. The van der Waals surface area contributed by atoms with Gasteiger partial charge < -0.3 is 0 Å². The van der Waals surface area contributed by atoms with Crippen molar-refractivity contribution < 1.29 is 52.7 Å². The molecular weight excluding hydrogens is 727 g/mol. The maximum Gasteiger partial charge on any atom is 0.416 e. The zero-order chi connectivity index (χ0) is 34.5. The molecule has 0 N–H and O–H groups in total. The molecule has 0 saturated carbocycles. The Labute approximate surface area is 275 Å². The van der Waals surface area contributed by atoms with Gasteiger partial charge in [0.2, 0.25) is 0 Å². The third-order valence-corrected chi connectivity index (χ3v) is 12.0. The molecule has 246 valence electrons. The lowest BCUT2D eigenvalue weighted by Gasteiger charge is -2.25. The topological polar surface area (TPSA) is 0 Å². The van der Waals surface area contributed by atoms with Gasteiger partial charge in [0.15, 0.2) is 7.85 Å². The van der Waals surface area contributed by atoms with Gasteiger partial charge in [0.05, 0.1) is 11.1 Å². The summed E-state index contributed by atoms with van der Waals surface area (Å²) < 4.78 is 173. The predicted octanol–water partition coefficient (Wildman–Crippen LogP) is 11.4. The van der Waals surface area contributed by atoms with Gasteiger partial charge in [0.1, 0.15) is 0 Å². The van der Waals surface area contributed by atoms with Gasteiger partial charge in [-0.2, -0.15) is 64.0 Å². The van der Waals surface area contributed by atoms with Crippen LogP contribution in [-0.4, -0.2) is 25.6 Å². The summed E-state index contributed by atoms with van der Waals surface area (Å²) in [7, 11) is 1.08. The van der Waals surface area contributed by atoms with Gasteiger partial charge in [-0.15, -0.1) is 34.0 Å². The monoisotopic (exact) mass is 742 g/mol. The molecule has 0 radical (unpaired) electrons. The number of aryl methyl sites for hydroxylation is 1. The summed E-state index contributed by atoms with van der Waals surface area (Å²) in [5.41, 5.74) is -8.91. The van der Waals surface area contributed by atoms with E-state index in [9.17, 15) is 26.3 Å². The second-order valence-corrected chi connectivity index (χ2v) is 15.1. The molecule has 0 fully saturated rings. The second kappa shape index (κ2) is 11.0. The van der Waals surface area contributed by atoms with Gasteiger partial charge in [0.25, 0.3) is 0 Å². The first-order valence-electron chi connectivity index (χ1n) is 13.2. The highest BCUT2D eigenvalue weighted by Crippen LogP contribution is 2.65. The lowest BCUT2D eigenvalue weighted by Crippen LogP contribution is -2.49. The molecule has 4 aromatic heterocycles. The molecule has 1 aliphatic carbocycles. The molecule has 0 aliphatic heterocycles. The smallest absolute Gasteiger partial charge is 0.194 e. The minimum absolute atomic E-state index is 0.0209. The highest BCUT2D eigenvalue weighted by Gasteiger charge is 2.80. The second-order valence-electron chi connectivity index (χ2n) is 10.6. The van der Waals surface area contributed by atoms with E-state index in [2.05, 4.69) is 0 Å². The van der Waals surface area contributed by atoms with Crippen molar-refractivity contribution in [2.45, 2.75) is 37.0 Å².